The van der Waals surface area contributed by atoms with Gasteiger partial charge in [-0.05, 0) is 25.5 Å². The number of nitrogens with one attached hydrogen (secondary N) is 1. The number of aromatic hydroxyl groups is 1. The summed E-state index contributed by atoms with van der Waals surface area (Å²) in [6.45, 7) is 4.08. The number of benzene rings is 1. The molecular weight excluding hydrogens is 232 g/mol. The molecule has 0 spiro atoms. The summed E-state index contributed by atoms with van der Waals surface area (Å²) in [7, 11) is 1.67. The van der Waals surface area contributed by atoms with E-state index in [1.807, 2.05) is 6.92 Å². The molecule has 0 bridgehead atoms. The van der Waals surface area contributed by atoms with Gasteiger partial charge in [-0.3, -0.25) is 9.59 Å². The van der Waals surface area contributed by atoms with Gasteiger partial charge >= 0.3 is 0 Å². The van der Waals surface area contributed by atoms with Gasteiger partial charge < -0.3 is 15.3 Å². The van der Waals surface area contributed by atoms with Gasteiger partial charge in [0.2, 0.25) is 5.91 Å². The van der Waals surface area contributed by atoms with E-state index in [1.54, 1.807) is 26.1 Å². The zero-order chi connectivity index (χ0) is 13.7. The van der Waals surface area contributed by atoms with Gasteiger partial charge in [0, 0.05) is 13.6 Å². The Morgan fingerprint density at radius 3 is 2.67 bits per heavy atom. The van der Waals surface area contributed by atoms with Crippen molar-refractivity contribution in [3.05, 3.63) is 29.3 Å². The normalized spacial score (nSPS) is 9.94. The van der Waals surface area contributed by atoms with Crippen LogP contribution in [0.4, 0.5) is 0 Å². The molecule has 98 valence electrons. The lowest BCUT2D eigenvalue weighted by atomic mass is 10.1. The smallest absolute Gasteiger partial charge is 0.255 e. The third kappa shape index (κ3) is 3.23. The second kappa shape index (κ2) is 6.05. The molecule has 18 heavy (non-hydrogen) atoms. The molecular formula is C13H18N2O3. The summed E-state index contributed by atoms with van der Waals surface area (Å²) < 4.78 is 0. The highest BCUT2D eigenvalue weighted by atomic mass is 16.3. The van der Waals surface area contributed by atoms with Crippen molar-refractivity contribution >= 4 is 11.8 Å². The molecule has 2 N–H and O–H groups in total. The Balaban J connectivity index is 2.67. The number of hydrogen-bond donors (Lipinski definition) is 2. The number of aryl methyl sites for hydroxylation is 1. The fourth-order valence-corrected chi connectivity index (χ4v) is 1.40. The lowest BCUT2D eigenvalue weighted by Crippen LogP contribution is -2.38. The van der Waals surface area contributed by atoms with Gasteiger partial charge in [-0.25, -0.2) is 0 Å². The van der Waals surface area contributed by atoms with Crippen LogP contribution in [0.5, 0.6) is 5.75 Å². The summed E-state index contributed by atoms with van der Waals surface area (Å²) in [4.78, 5) is 24.8. The number of phenolic OH excluding ortho intramolecular Hbond substituents is 1. The van der Waals surface area contributed by atoms with Crippen LogP contribution in [0.15, 0.2) is 18.2 Å². The van der Waals surface area contributed by atoms with Crippen LogP contribution in [-0.4, -0.2) is 42.0 Å². The zero-order valence-corrected chi connectivity index (χ0v) is 10.9. The summed E-state index contributed by atoms with van der Waals surface area (Å²) in [5, 5.41) is 12.2. The van der Waals surface area contributed by atoms with Crippen molar-refractivity contribution in [3.63, 3.8) is 0 Å². The lowest BCUT2D eigenvalue weighted by Gasteiger charge is -2.15. The maximum atomic E-state index is 11.8. The third-order valence-corrected chi connectivity index (χ3v) is 2.78. The van der Waals surface area contributed by atoms with Crippen LogP contribution in [-0.2, 0) is 4.79 Å². The number of likely N-dealkylation sites (N-methyl/N-ethyl adjacent to an activating group) is 1. The van der Waals surface area contributed by atoms with E-state index in [1.165, 1.54) is 11.0 Å². The minimum atomic E-state index is -0.450. The second-order valence-electron chi connectivity index (χ2n) is 4.06. The number of phenols is 1. The standard InChI is InChI=1S/C13H18N2O3/c1-4-15(3)11(16)8-14-13(18)10-7-5-6-9(2)12(10)17/h5-7,17H,4,8H2,1-3H3,(H,14,18). The van der Waals surface area contributed by atoms with Gasteiger partial charge in [-0.15, -0.1) is 0 Å². The van der Waals surface area contributed by atoms with E-state index in [-0.39, 0.29) is 23.8 Å². The third-order valence-electron chi connectivity index (χ3n) is 2.78. The summed E-state index contributed by atoms with van der Waals surface area (Å²) in [5.74, 6) is -0.668. The highest BCUT2D eigenvalue weighted by molar-refractivity contribution is 5.98. The summed E-state index contributed by atoms with van der Waals surface area (Å²) >= 11 is 0. The quantitative estimate of drug-likeness (QED) is 0.834. The molecule has 0 saturated heterocycles. The number of para-hydroxylation sites is 1. The van der Waals surface area contributed by atoms with E-state index in [4.69, 9.17) is 0 Å². The fourth-order valence-electron chi connectivity index (χ4n) is 1.40. The average molecular weight is 250 g/mol. The number of rotatable bonds is 4. The molecule has 0 heterocycles. The first-order valence-corrected chi connectivity index (χ1v) is 5.78. The summed E-state index contributed by atoms with van der Waals surface area (Å²) in [6.07, 6.45) is 0. The number of carbonyl (C=O) groups excluding carboxylic acids is 2. The number of amides is 2. The van der Waals surface area contributed by atoms with E-state index in [9.17, 15) is 14.7 Å². The number of hydrogen-bond acceptors (Lipinski definition) is 3. The molecule has 0 unspecified atom stereocenters. The van der Waals surface area contributed by atoms with Crippen LogP contribution in [0.25, 0.3) is 0 Å². The highest BCUT2D eigenvalue weighted by Crippen LogP contribution is 2.20. The van der Waals surface area contributed by atoms with Crippen LogP contribution in [0, 0.1) is 6.92 Å². The Labute approximate surface area is 106 Å². The Morgan fingerprint density at radius 1 is 1.39 bits per heavy atom. The van der Waals surface area contributed by atoms with Crippen molar-refractivity contribution in [2.24, 2.45) is 0 Å². The lowest BCUT2D eigenvalue weighted by molar-refractivity contribution is -0.128. The van der Waals surface area contributed by atoms with Crippen LogP contribution in [0.3, 0.4) is 0 Å². The predicted octanol–water partition coefficient (Wildman–Crippen LogP) is 0.909. The number of nitrogens with zero attached hydrogens (tertiary/aromatic N) is 1. The van der Waals surface area contributed by atoms with Crippen molar-refractivity contribution < 1.29 is 14.7 Å². The van der Waals surface area contributed by atoms with Crippen molar-refractivity contribution in [2.75, 3.05) is 20.1 Å². The maximum Gasteiger partial charge on any atom is 0.255 e. The molecule has 0 fully saturated rings. The first kappa shape index (κ1) is 14.0. The van der Waals surface area contributed by atoms with Gasteiger partial charge in [0.1, 0.15) is 5.75 Å². The fraction of sp³-hybridized carbons (Fsp3) is 0.385. The summed E-state index contributed by atoms with van der Waals surface area (Å²) in [5.41, 5.74) is 0.807. The van der Waals surface area contributed by atoms with E-state index >= 15 is 0 Å². The largest absolute Gasteiger partial charge is 0.507 e. The molecule has 1 rings (SSSR count). The van der Waals surface area contributed by atoms with Gasteiger partial charge in [0.05, 0.1) is 12.1 Å². The molecule has 5 nitrogen and oxygen atoms in total. The first-order chi connectivity index (χ1) is 8.47. The molecule has 0 radical (unpaired) electrons. The van der Waals surface area contributed by atoms with Gasteiger partial charge in [-0.1, -0.05) is 12.1 Å². The van der Waals surface area contributed by atoms with Gasteiger partial charge in [0.15, 0.2) is 0 Å². The van der Waals surface area contributed by atoms with E-state index < -0.39 is 5.91 Å². The molecule has 2 amide bonds. The molecule has 0 aliphatic rings. The minimum absolute atomic E-state index is 0.0497. The van der Waals surface area contributed by atoms with Crippen molar-refractivity contribution in [1.29, 1.82) is 0 Å². The molecule has 1 aromatic rings. The highest BCUT2D eigenvalue weighted by Gasteiger charge is 2.14. The van der Waals surface area contributed by atoms with E-state index in [0.717, 1.165) is 0 Å². The molecule has 0 aromatic heterocycles. The van der Waals surface area contributed by atoms with Crippen molar-refractivity contribution in [2.45, 2.75) is 13.8 Å². The summed E-state index contributed by atoms with van der Waals surface area (Å²) in [6, 6.07) is 4.91. The van der Waals surface area contributed by atoms with Gasteiger partial charge in [0.25, 0.3) is 5.91 Å². The minimum Gasteiger partial charge on any atom is -0.507 e. The molecule has 5 heteroatoms. The molecule has 0 atom stereocenters. The maximum absolute atomic E-state index is 11.8. The van der Waals surface area contributed by atoms with E-state index in [2.05, 4.69) is 5.32 Å². The molecule has 0 saturated carbocycles. The monoisotopic (exact) mass is 250 g/mol. The predicted molar refractivity (Wildman–Crippen MR) is 68.5 cm³/mol. The van der Waals surface area contributed by atoms with Crippen LogP contribution >= 0.6 is 0 Å². The molecule has 0 aliphatic heterocycles. The Morgan fingerprint density at radius 2 is 2.06 bits per heavy atom. The van der Waals surface area contributed by atoms with Crippen LogP contribution in [0.1, 0.15) is 22.8 Å². The zero-order valence-electron chi connectivity index (χ0n) is 10.9. The van der Waals surface area contributed by atoms with Crippen molar-refractivity contribution in [3.8, 4) is 5.75 Å². The Kier molecular flexibility index (Phi) is 4.71. The average Bonchev–Trinajstić information content (AvgIpc) is 2.37. The molecule has 1 aromatic carbocycles. The Bertz CT molecular complexity index is 458. The number of carbonyl (C=O) groups is 2. The first-order valence-electron chi connectivity index (χ1n) is 5.78. The van der Waals surface area contributed by atoms with Gasteiger partial charge in [-0.2, -0.15) is 0 Å². The van der Waals surface area contributed by atoms with E-state index in [0.29, 0.717) is 12.1 Å². The van der Waals surface area contributed by atoms with Crippen LogP contribution < -0.4 is 5.32 Å². The second-order valence-corrected chi connectivity index (χ2v) is 4.06. The van der Waals surface area contributed by atoms with Crippen molar-refractivity contribution in [1.82, 2.24) is 10.2 Å². The SMILES string of the molecule is CCN(C)C(=O)CNC(=O)c1cccc(C)c1O. The topological polar surface area (TPSA) is 69.6 Å². The Hall–Kier alpha value is -2.04. The molecule has 0 aliphatic carbocycles. The van der Waals surface area contributed by atoms with Crippen LogP contribution in [0.2, 0.25) is 0 Å².